The molecule has 0 saturated carbocycles. The van der Waals surface area contributed by atoms with Gasteiger partial charge in [-0.3, -0.25) is 0 Å². The molecule has 1 unspecified atom stereocenters. The Morgan fingerprint density at radius 1 is 1.71 bits per heavy atom. The van der Waals surface area contributed by atoms with Crippen LogP contribution in [-0.4, -0.2) is 19.9 Å². The first-order valence-electron chi connectivity index (χ1n) is 2.26. The van der Waals surface area contributed by atoms with Gasteiger partial charge in [0.25, 0.3) is 0 Å². The maximum atomic E-state index is 4.90. The third kappa shape index (κ3) is 4.55. The third-order valence-electron chi connectivity index (χ3n) is 0.679. The Morgan fingerprint density at radius 3 is 2.43 bits per heavy atom. The molecule has 0 aliphatic heterocycles. The standard InChI is InChI=1S/C4H11OP2/c1-4-7(3)6-5-2/h4H2,1-3H3/q+1. The van der Waals surface area contributed by atoms with Crippen molar-refractivity contribution >= 4 is 14.9 Å². The Bertz CT molecular complexity index is 108. The van der Waals surface area contributed by atoms with Crippen LogP contribution < -0.4 is 0 Å². The summed E-state index contributed by atoms with van der Waals surface area (Å²) >= 11 is 0. The van der Waals surface area contributed by atoms with Crippen LogP contribution >= 0.6 is 14.9 Å². The van der Waals surface area contributed by atoms with Gasteiger partial charge >= 0.3 is 46.3 Å². The molecule has 0 aromatic heterocycles. The van der Waals surface area contributed by atoms with Crippen LogP contribution in [0.25, 0.3) is 0 Å². The van der Waals surface area contributed by atoms with Gasteiger partial charge in [0.1, 0.15) is 0 Å². The first-order chi connectivity index (χ1) is 3.31. The molecule has 0 heterocycles. The molecule has 0 aliphatic rings. The SMILES string of the molecule is CCP(C)#[P+]OC. The molecule has 0 N–H and O–H groups in total. The molecule has 0 rings (SSSR count). The molecule has 0 spiro atoms. The molecular weight excluding hydrogens is 126 g/mol. The van der Waals surface area contributed by atoms with Crippen LogP contribution in [0.1, 0.15) is 6.92 Å². The average Bonchev–Trinajstić information content (AvgIpc) is 1.68. The van der Waals surface area contributed by atoms with E-state index < -0.39 is 0 Å². The molecule has 0 fully saturated rings. The topological polar surface area (TPSA) is 9.23 Å². The van der Waals surface area contributed by atoms with E-state index in [9.17, 15) is 0 Å². The molecule has 3 heteroatoms. The first kappa shape index (κ1) is 7.69. The van der Waals surface area contributed by atoms with Gasteiger partial charge in [0.2, 0.25) is 0 Å². The second-order valence-electron chi connectivity index (χ2n) is 1.24. The molecule has 0 aromatic rings. The Hall–Kier alpha value is 0.690. The van der Waals surface area contributed by atoms with Crippen molar-refractivity contribution in [2.24, 2.45) is 0 Å². The minimum absolute atomic E-state index is 0.172. The summed E-state index contributed by atoms with van der Waals surface area (Å²) in [5.74, 6) is 0. The predicted octanol–water partition coefficient (Wildman–Crippen LogP) is 2.54. The molecule has 0 amide bonds. The van der Waals surface area contributed by atoms with Crippen molar-refractivity contribution in [1.29, 1.82) is 0 Å². The molecule has 0 bridgehead atoms. The number of rotatable bonds is 0. The Morgan fingerprint density at radius 2 is 2.29 bits per heavy atom. The van der Waals surface area contributed by atoms with Gasteiger partial charge in [-0.1, -0.05) is 0 Å². The van der Waals surface area contributed by atoms with Gasteiger partial charge in [0.15, 0.2) is 0 Å². The summed E-state index contributed by atoms with van der Waals surface area (Å²) in [5.41, 5.74) is 0. The van der Waals surface area contributed by atoms with Crippen molar-refractivity contribution in [2.75, 3.05) is 19.9 Å². The maximum absolute atomic E-state index is 4.90. The van der Waals surface area contributed by atoms with Crippen molar-refractivity contribution < 1.29 is 4.52 Å². The summed E-state index contributed by atoms with van der Waals surface area (Å²) in [7, 11) is 3.09. The Kier molecular flexibility index (Phi) is 5.32. The van der Waals surface area contributed by atoms with Crippen molar-refractivity contribution in [3.05, 3.63) is 0 Å². The normalized spacial score (nSPS) is 11.0. The summed E-state index contributed by atoms with van der Waals surface area (Å²) in [5, 5.41) is 0. The molecule has 0 radical (unpaired) electrons. The predicted molar refractivity (Wildman–Crippen MR) is 37.3 cm³/mol. The van der Waals surface area contributed by atoms with E-state index in [1.165, 1.54) is 14.1 Å². The van der Waals surface area contributed by atoms with E-state index in [1.807, 2.05) is 0 Å². The van der Waals surface area contributed by atoms with E-state index >= 15 is 0 Å². The summed E-state index contributed by atoms with van der Waals surface area (Å²) in [6, 6.07) is 0. The van der Waals surface area contributed by atoms with Crippen molar-refractivity contribution in [1.82, 2.24) is 0 Å². The second kappa shape index (κ2) is 4.84. The number of hydrogen-bond acceptors (Lipinski definition) is 1. The minimum atomic E-state index is 0.172. The summed E-state index contributed by atoms with van der Waals surface area (Å²) in [4.78, 5) is 0. The monoisotopic (exact) mass is 137 g/mol. The zero-order valence-corrected chi connectivity index (χ0v) is 6.80. The van der Waals surface area contributed by atoms with Crippen LogP contribution in [0.2, 0.25) is 0 Å². The number of hydrogen-bond donors (Lipinski definition) is 0. The summed E-state index contributed by atoms with van der Waals surface area (Å²) in [6.45, 7) is 4.43. The molecule has 1 atom stereocenters. The van der Waals surface area contributed by atoms with Gasteiger partial charge in [-0.25, -0.2) is 0 Å². The van der Waals surface area contributed by atoms with E-state index in [4.69, 9.17) is 4.52 Å². The zero-order chi connectivity index (χ0) is 5.70. The van der Waals surface area contributed by atoms with Crippen molar-refractivity contribution in [2.45, 2.75) is 6.92 Å². The van der Waals surface area contributed by atoms with Gasteiger partial charge in [0.05, 0.1) is 0 Å². The van der Waals surface area contributed by atoms with Crippen molar-refractivity contribution in [3.63, 3.8) is 0 Å². The Labute approximate surface area is 47.2 Å². The fourth-order valence-electron chi connectivity index (χ4n) is 0.197. The van der Waals surface area contributed by atoms with E-state index in [1.54, 1.807) is 7.11 Å². The fraction of sp³-hybridized carbons (Fsp3) is 1.00. The second-order valence-corrected chi connectivity index (χ2v) is 6.25. The molecule has 7 heavy (non-hydrogen) atoms. The summed E-state index contributed by atoms with van der Waals surface area (Å²) < 4.78 is 4.90. The Balaban J connectivity index is 3.47. The van der Waals surface area contributed by atoms with E-state index in [0.717, 1.165) is 0 Å². The van der Waals surface area contributed by atoms with Crippen LogP contribution in [0, 0.1) is 0 Å². The first-order valence-corrected chi connectivity index (χ1v) is 5.75. The quantitative estimate of drug-likeness (QED) is 0.466. The van der Waals surface area contributed by atoms with Crippen LogP contribution in [0.4, 0.5) is 0 Å². The fourth-order valence-corrected chi connectivity index (χ4v) is 1.77. The van der Waals surface area contributed by atoms with Crippen LogP contribution in [0.5, 0.6) is 0 Å². The molecular formula is C4H11OP2+. The van der Waals surface area contributed by atoms with Gasteiger partial charge in [0, 0.05) is 0 Å². The third-order valence-corrected chi connectivity index (χ3v) is 4.21. The molecule has 0 saturated heterocycles. The van der Waals surface area contributed by atoms with Crippen LogP contribution in [0.15, 0.2) is 0 Å². The molecule has 1 nitrogen and oxygen atoms in total. The van der Waals surface area contributed by atoms with Gasteiger partial charge in [-0.15, -0.1) is 0 Å². The van der Waals surface area contributed by atoms with Crippen molar-refractivity contribution in [3.8, 4) is 0 Å². The average molecular weight is 137 g/mol. The van der Waals surface area contributed by atoms with E-state index in [0.29, 0.717) is 0 Å². The van der Waals surface area contributed by atoms with Gasteiger partial charge in [-0.2, -0.15) is 0 Å². The summed E-state index contributed by atoms with van der Waals surface area (Å²) in [6.07, 6.45) is 1.27. The zero-order valence-electron chi connectivity index (χ0n) is 5.01. The molecule has 42 valence electrons. The van der Waals surface area contributed by atoms with Gasteiger partial charge < -0.3 is 0 Å². The van der Waals surface area contributed by atoms with E-state index in [2.05, 4.69) is 13.6 Å². The van der Waals surface area contributed by atoms with E-state index in [-0.39, 0.29) is 7.02 Å². The van der Waals surface area contributed by atoms with Crippen LogP contribution in [-0.2, 0) is 4.52 Å². The molecule has 0 aliphatic carbocycles. The van der Waals surface area contributed by atoms with Crippen LogP contribution in [0.3, 0.4) is 0 Å². The van der Waals surface area contributed by atoms with Gasteiger partial charge in [-0.05, 0) is 0 Å². The molecule has 0 aromatic carbocycles.